The lowest BCUT2D eigenvalue weighted by Gasteiger charge is -2.38. The summed E-state index contributed by atoms with van der Waals surface area (Å²) < 4.78 is 112. The van der Waals surface area contributed by atoms with Gasteiger partial charge in [0.1, 0.15) is 35.0 Å². The van der Waals surface area contributed by atoms with Crippen LogP contribution < -0.4 is 21.5 Å². The number of hydrogen-bond acceptors (Lipinski definition) is 8. The van der Waals surface area contributed by atoms with Gasteiger partial charge in [0.15, 0.2) is 11.6 Å². The second-order valence-electron chi connectivity index (χ2n) is 10.6. The third kappa shape index (κ3) is 6.34. The molecule has 1 aliphatic rings. The van der Waals surface area contributed by atoms with Crippen LogP contribution >= 0.6 is 0 Å². The number of nitrogens with zero attached hydrogens (tertiary/aromatic N) is 4. The number of alkyl halides is 3. The molecule has 1 saturated heterocycles. The summed E-state index contributed by atoms with van der Waals surface area (Å²) in [7, 11) is 2.16. The molecule has 0 spiro atoms. The number of rotatable bonds is 7. The normalized spacial score (nSPS) is 15.8. The van der Waals surface area contributed by atoms with Crippen molar-refractivity contribution in [2.45, 2.75) is 24.7 Å². The Bertz CT molecular complexity index is 2000. The maximum Gasteiger partial charge on any atom is 0.411 e. The van der Waals surface area contributed by atoms with Crippen molar-refractivity contribution in [2.75, 3.05) is 31.8 Å². The number of fused-ring (bicyclic) bond motifs is 1. The zero-order valence-electron chi connectivity index (χ0n) is 24.9. The topological polar surface area (TPSA) is 125 Å². The molecule has 0 saturated carbocycles. The van der Waals surface area contributed by atoms with Crippen molar-refractivity contribution >= 4 is 28.5 Å². The standard InChI is InChI=1S/C30H24F7N5O6/c1-40-22-12-38-4-3-16(22)27(44)42(29(40)46)25-19(33)7-14(8-20(25)34)9-21(28(45)47-2)39-26(43)24-17(31)10-15(11-18(24)32)41-5-6-48-13-23(41)30(35,36)37/h3-4,7-8,10-12,21,23H,5-6,9,13H2,1-2H3,(H,39,43)/t21-,23+/m0/s1. The zero-order chi connectivity index (χ0) is 35.1. The molecule has 0 aliphatic carbocycles. The highest BCUT2D eigenvalue weighted by atomic mass is 19.4. The van der Waals surface area contributed by atoms with Gasteiger partial charge in [-0.15, -0.1) is 0 Å². The molecule has 2 aromatic heterocycles. The Morgan fingerprint density at radius 1 is 1.06 bits per heavy atom. The van der Waals surface area contributed by atoms with Gasteiger partial charge in [-0.2, -0.15) is 13.2 Å². The summed E-state index contributed by atoms with van der Waals surface area (Å²) in [6.07, 6.45) is -3.04. The summed E-state index contributed by atoms with van der Waals surface area (Å²) in [5.74, 6) is -8.64. The lowest BCUT2D eigenvalue weighted by atomic mass is 10.0. The molecule has 18 heteroatoms. The predicted octanol–water partition coefficient (Wildman–Crippen LogP) is 2.92. The minimum absolute atomic E-state index is 0.0685. The van der Waals surface area contributed by atoms with Crippen molar-refractivity contribution in [3.8, 4) is 5.69 Å². The lowest BCUT2D eigenvalue weighted by Crippen LogP contribution is -2.53. The minimum Gasteiger partial charge on any atom is -0.467 e. The molecule has 1 aliphatic heterocycles. The molecule has 1 N–H and O–H groups in total. The summed E-state index contributed by atoms with van der Waals surface area (Å²) in [6, 6.07) is -0.342. The molecule has 254 valence electrons. The first-order valence-corrected chi connectivity index (χ1v) is 14.0. The van der Waals surface area contributed by atoms with E-state index in [1.807, 2.05) is 5.32 Å². The summed E-state index contributed by atoms with van der Waals surface area (Å²) in [5.41, 5.74) is -5.13. The molecule has 11 nitrogen and oxygen atoms in total. The van der Waals surface area contributed by atoms with Gasteiger partial charge in [0.2, 0.25) is 0 Å². The van der Waals surface area contributed by atoms with Crippen LogP contribution in [0.5, 0.6) is 0 Å². The molecule has 2 aromatic carbocycles. The van der Waals surface area contributed by atoms with Crippen molar-refractivity contribution in [1.82, 2.24) is 19.4 Å². The van der Waals surface area contributed by atoms with E-state index in [9.17, 15) is 32.3 Å². The van der Waals surface area contributed by atoms with Crippen molar-refractivity contribution in [1.29, 1.82) is 0 Å². The van der Waals surface area contributed by atoms with Gasteiger partial charge in [0.05, 0.1) is 37.4 Å². The second kappa shape index (κ2) is 13.1. The zero-order valence-corrected chi connectivity index (χ0v) is 24.9. The molecule has 3 heterocycles. The number of carbonyl (C=O) groups is 2. The van der Waals surface area contributed by atoms with Gasteiger partial charge in [-0.05, 0) is 35.9 Å². The molecule has 0 unspecified atom stereocenters. The van der Waals surface area contributed by atoms with Crippen molar-refractivity contribution in [3.63, 3.8) is 0 Å². The van der Waals surface area contributed by atoms with Crippen LogP contribution in [0, 0.1) is 23.3 Å². The van der Waals surface area contributed by atoms with Crippen molar-refractivity contribution < 1.29 is 49.8 Å². The average molecular weight is 684 g/mol. The lowest BCUT2D eigenvalue weighted by molar-refractivity contribution is -0.167. The smallest absolute Gasteiger partial charge is 0.411 e. The van der Waals surface area contributed by atoms with E-state index in [-0.39, 0.29) is 34.2 Å². The Balaban J connectivity index is 1.44. The Kier molecular flexibility index (Phi) is 9.30. The molecular formula is C30H24F7N5O6. The van der Waals surface area contributed by atoms with Gasteiger partial charge in [-0.25, -0.2) is 31.7 Å². The first-order valence-electron chi connectivity index (χ1n) is 14.0. The van der Waals surface area contributed by atoms with Crippen LogP contribution in [0.2, 0.25) is 0 Å². The SMILES string of the molecule is COC(=O)[C@H](Cc1cc(F)c(-n2c(=O)c3ccncc3n(C)c2=O)c(F)c1)NC(=O)c1c(F)cc(N2CCOC[C@@H]2C(F)(F)F)cc1F. The highest BCUT2D eigenvalue weighted by Gasteiger charge is 2.46. The third-order valence-corrected chi connectivity index (χ3v) is 7.70. The predicted molar refractivity (Wildman–Crippen MR) is 154 cm³/mol. The number of anilines is 1. The van der Waals surface area contributed by atoms with Crippen LogP contribution in [0.15, 0.2) is 52.3 Å². The number of benzene rings is 2. The first-order chi connectivity index (χ1) is 22.6. The number of halogens is 7. The van der Waals surface area contributed by atoms with Crippen LogP contribution in [0.1, 0.15) is 15.9 Å². The Hall–Kier alpha value is -5.26. The Morgan fingerprint density at radius 2 is 1.71 bits per heavy atom. The molecule has 0 radical (unpaired) electrons. The number of pyridine rings is 1. The minimum atomic E-state index is -4.80. The van der Waals surface area contributed by atoms with Gasteiger partial charge < -0.3 is 19.7 Å². The second-order valence-corrected chi connectivity index (χ2v) is 10.6. The van der Waals surface area contributed by atoms with Crippen LogP contribution in [-0.4, -0.2) is 71.1 Å². The van der Waals surface area contributed by atoms with Gasteiger partial charge in [-0.1, -0.05) is 0 Å². The number of morpholine rings is 1. The number of amides is 1. The van der Waals surface area contributed by atoms with E-state index in [1.165, 1.54) is 25.5 Å². The monoisotopic (exact) mass is 683 g/mol. The van der Waals surface area contributed by atoms with E-state index < -0.39 is 94.6 Å². The molecule has 1 fully saturated rings. The maximum atomic E-state index is 15.4. The van der Waals surface area contributed by atoms with E-state index in [1.54, 1.807) is 0 Å². The van der Waals surface area contributed by atoms with Crippen LogP contribution in [0.25, 0.3) is 16.6 Å². The number of ether oxygens (including phenoxy) is 2. The molecular weight excluding hydrogens is 659 g/mol. The van der Waals surface area contributed by atoms with E-state index in [0.29, 0.717) is 29.2 Å². The van der Waals surface area contributed by atoms with Crippen molar-refractivity contribution in [3.05, 3.63) is 98.0 Å². The van der Waals surface area contributed by atoms with Crippen LogP contribution in [0.3, 0.4) is 0 Å². The average Bonchev–Trinajstić information content (AvgIpc) is 3.03. The summed E-state index contributed by atoms with van der Waals surface area (Å²) in [4.78, 5) is 56.0. The maximum absolute atomic E-state index is 15.4. The van der Waals surface area contributed by atoms with Crippen LogP contribution in [-0.2, 0) is 27.7 Å². The van der Waals surface area contributed by atoms with Crippen molar-refractivity contribution in [2.24, 2.45) is 7.05 Å². The molecule has 5 rings (SSSR count). The Morgan fingerprint density at radius 3 is 2.31 bits per heavy atom. The van der Waals surface area contributed by atoms with Crippen LogP contribution in [0.4, 0.5) is 36.4 Å². The number of hydrogen-bond donors (Lipinski definition) is 1. The molecule has 2 atom stereocenters. The molecule has 1 amide bonds. The van der Waals surface area contributed by atoms with Gasteiger partial charge in [0.25, 0.3) is 11.5 Å². The molecule has 0 bridgehead atoms. The number of aryl methyl sites for hydroxylation is 1. The number of aromatic nitrogens is 3. The number of nitrogens with one attached hydrogen (secondary N) is 1. The highest BCUT2D eigenvalue weighted by Crippen LogP contribution is 2.33. The number of methoxy groups -OCH3 is 1. The Labute approximate surface area is 265 Å². The van der Waals surface area contributed by atoms with E-state index in [0.717, 1.165) is 11.7 Å². The fraction of sp³-hybridized carbons (Fsp3) is 0.300. The fourth-order valence-corrected chi connectivity index (χ4v) is 5.37. The fourth-order valence-electron chi connectivity index (χ4n) is 5.37. The highest BCUT2D eigenvalue weighted by molar-refractivity contribution is 5.97. The summed E-state index contributed by atoms with van der Waals surface area (Å²) in [6.45, 7) is -1.30. The number of esters is 1. The quantitative estimate of drug-likeness (QED) is 0.233. The van der Waals surface area contributed by atoms with Gasteiger partial charge >= 0.3 is 17.8 Å². The van der Waals surface area contributed by atoms with E-state index in [4.69, 9.17) is 4.74 Å². The van der Waals surface area contributed by atoms with E-state index in [2.05, 4.69) is 9.72 Å². The third-order valence-electron chi connectivity index (χ3n) is 7.70. The molecule has 4 aromatic rings. The first kappa shape index (κ1) is 34.1. The summed E-state index contributed by atoms with van der Waals surface area (Å²) >= 11 is 0. The largest absolute Gasteiger partial charge is 0.467 e. The van der Waals surface area contributed by atoms with Gasteiger partial charge in [0, 0.05) is 31.9 Å². The van der Waals surface area contributed by atoms with Gasteiger partial charge in [-0.3, -0.25) is 19.1 Å². The van der Waals surface area contributed by atoms with E-state index >= 15 is 17.6 Å². The number of carbonyl (C=O) groups excluding carboxylic acids is 2. The molecule has 48 heavy (non-hydrogen) atoms. The summed E-state index contributed by atoms with van der Waals surface area (Å²) in [5, 5.41) is 1.94.